The molecule has 0 fully saturated rings. The number of benzene rings is 1. The van der Waals surface area contributed by atoms with Crippen LogP contribution < -0.4 is 5.73 Å². The summed E-state index contributed by atoms with van der Waals surface area (Å²) in [6, 6.07) is 1.90. The molecule has 0 unspecified atom stereocenters. The molecule has 0 aliphatic rings. The zero-order valence-electron chi connectivity index (χ0n) is 9.57. The highest BCUT2D eigenvalue weighted by molar-refractivity contribution is 6.17. The highest BCUT2D eigenvalue weighted by atomic mass is 35.5. The van der Waals surface area contributed by atoms with Gasteiger partial charge >= 0.3 is 0 Å². The molecule has 0 aliphatic carbocycles. The summed E-state index contributed by atoms with van der Waals surface area (Å²) < 4.78 is 28.2. The molecule has 2 heterocycles. The Kier molecular flexibility index (Phi) is 2.70. The molecular formula is C11H8ClF2N5. The van der Waals surface area contributed by atoms with Crippen molar-refractivity contribution in [1.82, 2.24) is 19.6 Å². The maximum atomic E-state index is 13.7. The van der Waals surface area contributed by atoms with Crippen molar-refractivity contribution in [1.29, 1.82) is 0 Å². The molecule has 3 aromatic rings. The number of rotatable bonds is 2. The number of aryl methyl sites for hydroxylation is 1. The molecular weight excluding hydrogens is 276 g/mol. The van der Waals surface area contributed by atoms with Crippen LogP contribution in [-0.4, -0.2) is 25.5 Å². The molecule has 0 bridgehead atoms. The summed E-state index contributed by atoms with van der Waals surface area (Å²) in [7, 11) is 0. The Morgan fingerprint density at radius 3 is 2.79 bits per heavy atom. The Balaban J connectivity index is 2.43. The van der Waals surface area contributed by atoms with Gasteiger partial charge in [-0.2, -0.15) is 4.52 Å². The normalized spacial score (nSPS) is 11.5. The largest absolute Gasteiger partial charge is 0.368 e. The number of aromatic nitrogens is 4. The van der Waals surface area contributed by atoms with Crippen LogP contribution in [0.2, 0.25) is 0 Å². The van der Waals surface area contributed by atoms with Gasteiger partial charge in [0.25, 0.3) is 0 Å². The molecule has 8 heteroatoms. The van der Waals surface area contributed by atoms with Gasteiger partial charge in [-0.1, -0.05) is 0 Å². The Morgan fingerprint density at radius 2 is 2.05 bits per heavy atom. The third kappa shape index (κ3) is 1.86. The smallest absolute Gasteiger partial charge is 0.223 e. The first-order valence-electron chi connectivity index (χ1n) is 5.46. The summed E-state index contributed by atoms with van der Waals surface area (Å²) in [6.07, 6.45) is 0.433. The van der Waals surface area contributed by atoms with Crippen LogP contribution in [0.4, 0.5) is 14.7 Å². The molecule has 19 heavy (non-hydrogen) atoms. The van der Waals surface area contributed by atoms with Crippen molar-refractivity contribution in [2.24, 2.45) is 0 Å². The Bertz CT molecular complexity index is 786. The molecule has 0 atom stereocenters. The van der Waals surface area contributed by atoms with E-state index in [1.165, 1.54) is 4.52 Å². The van der Waals surface area contributed by atoms with Gasteiger partial charge in [-0.25, -0.2) is 18.7 Å². The lowest BCUT2D eigenvalue weighted by Gasteiger charge is -2.03. The van der Waals surface area contributed by atoms with Gasteiger partial charge in [0.2, 0.25) is 5.95 Å². The van der Waals surface area contributed by atoms with E-state index >= 15 is 0 Å². The van der Waals surface area contributed by atoms with E-state index in [4.69, 9.17) is 17.3 Å². The minimum Gasteiger partial charge on any atom is -0.368 e. The molecule has 0 saturated heterocycles. The maximum absolute atomic E-state index is 13.7. The number of hydrogen-bond donors (Lipinski definition) is 1. The van der Waals surface area contributed by atoms with Crippen LogP contribution in [-0.2, 0) is 6.42 Å². The van der Waals surface area contributed by atoms with E-state index in [9.17, 15) is 8.78 Å². The van der Waals surface area contributed by atoms with E-state index in [2.05, 4.69) is 15.1 Å². The standard InChI is InChI=1S/C11H8ClF2N5/c12-2-1-8-16-10-6-3-5(13)4-7(14)9(6)17-11(15)19(10)18-8/h3-4H,1-2H2,(H2,15,17). The van der Waals surface area contributed by atoms with Crippen LogP contribution in [0, 0.1) is 11.6 Å². The molecule has 0 radical (unpaired) electrons. The first-order valence-corrected chi connectivity index (χ1v) is 5.99. The van der Waals surface area contributed by atoms with Gasteiger partial charge in [-0.05, 0) is 6.07 Å². The summed E-state index contributed by atoms with van der Waals surface area (Å²) in [5.74, 6) is -0.723. The fraction of sp³-hybridized carbons (Fsp3) is 0.182. The molecule has 1 aromatic carbocycles. The minimum absolute atomic E-state index is 0.0127. The Labute approximate surface area is 111 Å². The average Bonchev–Trinajstić information content (AvgIpc) is 2.76. The van der Waals surface area contributed by atoms with E-state index in [0.29, 0.717) is 18.1 Å². The quantitative estimate of drug-likeness (QED) is 0.730. The second-order valence-electron chi connectivity index (χ2n) is 3.96. The monoisotopic (exact) mass is 283 g/mol. The highest BCUT2D eigenvalue weighted by Crippen LogP contribution is 2.23. The molecule has 0 aliphatic heterocycles. The lowest BCUT2D eigenvalue weighted by Crippen LogP contribution is -2.04. The van der Waals surface area contributed by atoms with E-state index in [0.717, 1.165) is 12.1 Å². The molecule has 2 N–H and O–H groups in total. The third-order valence-corrected chi connectivity index (χ3v) is 2.87. The van der Waals surface area contributed by atoms with Gasteiger partial charge in [-0.15, -0.1) is 16.7 Å². The summed E-state index contributed by atoms with van der Waals surface area (Å²) >= 11 is 5.62. The number of alkyl halides is 1. The van der Waals surface area contributed by atoms with Crippen molar-refractivity contribution in [3.8, 4) is 0 Å². The minimum atomic E-state index is -0.786. The van der Waals surface area contributed by atoms with Gasteiger partial charge in [0, 0.05) is 18.4 Å². The molecule has 0 amide bonds. The summed E-state index contributed by atoms with van der Waals surface area (Å²) in [4.78, 5) is 8.07. The van der Waals surface area contributed by atoms with E-state index in [1.54, 1.807) is 0 Å². The number of nitrogen functional groups attached to an aromatic ring is 1. The lowest BCUT2D eigenvalue weighted by molar-refractivity contribution is 0.590. The predicted octanol–water partition coefficient (Wildman–Crippen LogP) is 1.92. The topological polar surface area (TPSA) is 69.1 Å². The van der Waals surface area contributed by atoms with Crippen LogP contribution in [0.3, 0.4) is 0 Å². The second-order valence-corrected chi connectivity index (χ2v) is 4.33. The number of fused-ring (bicyclic) bond motifs is 3. The fourth-order valence-corrected chi connectivity index (χ4v) is 2.06. The van der Waals surface area contributed by atoms with Crippen LogP contribution in [0.1, 0.15) is 5.82 Å². The van der Waals surface area contributed by atoms with E-state index < -0.39 is 11.6 Å². The third-order valence-electron chi connectivity index (χ3n) is 2.68. The Morgan fingerprint density at radius 1 is 1.26 bits per heavy atom. The van der Waals surface area contributed by atoms with Crippen LogP contribution in [0.25, 0.3) is 16.6 Å². The number of halogens is 3. The van der Waals surface area contributed by atoms with Gasteiger partial charge in [0.1, 0.15) is 11.3 Å². The molecule has 0 spiro atoms. The molecule has 98 valence electrons. The molecule has 0 saturated carbocycles. The van der Waals surface area contributed by atoms with Crippen molar-refractivity contribution in [3.63, 3.8) is 0 Å². The highest BCUT2D eigenvalue weighted by Gasteiger charge is 2.15. The molecule has 3 rings (SSSR count). The Hall–Kier alpha value is -2.02. The zero-order valence-corrected chi connectivity index (χ0v) is 10.3. The average molecular weight is 284 g/mol. The van der Waals surface area contributed by atoms with E-state index in [-0.39, 0.29) is 22.5 Å². The number of hydrogen-bond acceptors (Lipinski definition) is 4. The van der Waals surface area contributed by atoms with Crippen molar-refractivity contribution >= 4 is 34.1 Å². The summed E-state index contributed by atoms with van der Waals surface area (Å²) in [5, 5.41) is 4.32. The first-order chi connectivity index (χ1) is 9.10. The second kappa shape index (κ2) is 4.27. The fourth-order valence-electron chi connectivity index (χ4n) is 1.89. The number of nitrogens with two attached hydrogens (primary N) is 1. The van der Waals surface area contributed by atoms with Gasteiger partial charge in [0.05, 0.1) is 5.39 Å². The van der Waals surface area contributed by atoms with Crippen molar-refractivity contribution < 1.29 is 8.78 Å². The van der Waals surface area contributed by atoms with Crippen LogP contribution >= 0.6 is 11.6 Å². The van der Waals surface area contributed by atoms with Crippen LogP contribution in [0.5, 0.6) is 0 Å². The number of nitrogens with zero attached hydrogens (tertiary/aromatic N) is 4. The van der Waals surface area contributed by atoms with Gasteiger partial charge in [-0.3, -0.25) is 0 Å². The summed E-state index contributed by atoms with van der Waals surface area (Å²) in [5.41, 5.74) is 5.93. The molecule has 2 aromatic heterocycles. The van der Waals surface area contributed by atoms with Crippen molar-refractivity contribution in [2.45, 2.75) is 6.42 Å². The van der Waals surface area contributed by atoms with Crippen LogP contribution in [0.15, 0.2) is 12.1 Å². The van der Waals surface area contributed by atoms with Gasteiger partial charge < -0.3 is 5.73 Å². The summed E-state index contributed by atoms with van der Waals surface area (Å²) in [6.45, 7) is 0. The number of anilines is 1. The first kappa shape index (κ1) is 12.0. The predicted molar refractivity (Wildman–Crippen MR) is 67.0 cm³/mol. The lowest BCUT2D eigenvalue weighted by atomic mass is 10.2. The maximum Gasteiger partial charge on any atom is 0.223 e. The van der Waals surface area contributed by atoms with E-state index in [1.807, 2.05) is 0 Å². The zero-order chi connectivity index (χ0) is 13.6. The van der Waals surface area contributed by atoms with Crippen molar-refractivity contribution in [2.75, 3.05) is 11.6 Å². The van der Waals surface area contributed by atoms with Crippen molar-refractivity contribution in [3.05, 3.63) is 29.6 Å². The van der Waals surface area contributed by atoms with Gasteiger partial charge in [0.15, 0.2) is 17.3 Å². The SMILES string of the molecule is Nc1nc2c(F)cc(F)cc2c2nc(CCCl)nn12. The molecule has 5 nitrogen and oxygen atoms in total.